The highest BCUT2D eigenvalue weighted by Gasteiger charge is 2.60. The zero-order chi connectivity index (χ0) is 34.6. The zero-order valence-electron chi connectivity index (χ0n) is 29.3. The van der Waals surface area contributed by atoms with Crippen molar-refractivity contribution in [1.29, 1.82) is 0 Å². The van der Waals surface area contributed by atoms with Crippen LogP contribution in [0.4, 0.5) is 10.5 Å². The van der Waals surface area contributed by atoms with Crippen molar-refractivity contribution < 1.29 is 38.7 Å². The number of fused-ring (bicyclic) bond motifs is 4. The quantitative estimate of drug-likeness (QED) is 0.216. The van der Waals surface area contributed by atoms with Gasteiger partial charge >= 0.3 is 12.1 Å². The molecule has 49 heavy (non-hydrogen) atoms. The van der Waals surface area contributed by atoms with E-state index in [-0.39, 0.29) is 29.5 Å². The van der Waals surface area contributed by atoms with E-state index in [0.717, 1.165) is 49.7 Å². The molecule has 1 spiro atoms. The molecule has 3 saturated carbocycles. The Morgan fingerprint density at radius 1 is 0.939 bits per heavy atom. The molecule has 0 aromatic heterocycles. The minimum Gasteiger partial charge on any atom is -0.462 e. The molecule has 2 aromatic carbocycles. The number of hydrogen-bond acceptors (Lipinski definition) is 8. The van der Waals surface area contributed by atoms with E-state index in [2.05, 4.69) is 38.2 Å². The molecule has 4 aliphatic carbocycles. The van der Waals surface area contributed by atoms with Crippen LogP contribution < -0.4 is 5.32 Å². The fraction of sp³-hybridized carbons (Fsp3) is 0.600. The van der Waals surface area contributed by atoms with Gasteiger partial charge in [-0.1, -0.05) is 50.6 Å². The molecule has 2 aromatic rings. The molecule has 9 heteroatoms. The first-order chi connectivity index (χ1) is 23.3. The molecule has 264 valence electrons. The third-order valence-corrected chi connectivity index (χ3v) is 12.2. The lowest BCUT2D eigenvalue weighted by atomic mass is 9.51. The van der Waals surface area contributed by atoms with Crippen molar-refractivity contribution in [1.82, 2.24) is 0 Å². The predicted octanol–water partition coefficient (Wildman–Crippen LogP) is 7.27. The van der Waals surface area contributed by atoms with Crippen LogP contribution in [0.5, 0.6) is 0 Å². The number of ether oxygens (including phenoxy) is 4. The average Bonchev–Trinajstić information content (AvgIpc) is 3.38. The molecule has 3 N–H and O–H groups in total. The van der Waals surface area contributed by atoms with E-state index in [1.54, 1.807) is 31.2 Å². The first-order valence-corrected chi connectivity index (χ1v) is 18.1. The van der Waals surface area contributed by atoms with Gasteiger partial charge in [0.05, 0.1) is 37.1 Å². The Morgan fingerprint density at radius 2 is 1.65 bits per heavy atom. The SMILES string of the molecule is CCOC(=O)c1ccc(NC(=O)OCc2ccc([C@H]3CC4(C)C(O)CCC4C4CC[C@@]5(O)CC6(CCC5=C43)OCC(C)(C)CO6)cc2)cc1. The number of esters is 1. The third-order valence-electron chi connectivity index (χ3n) is 12.2. The Labute approximate surface area is 289 Å². The topological polar surface area (TPSA) is 124 Å². The number of allylic oxidation sites excluding steroid dienone is 1. The van der Waals surface area contributed by atoms with Gasteiger partial charge in [-0.15, -0.1) is 0 Å². The van der Waals surface area contributed by atoms with E-state index in [0.29, 0.717) is 55.7 Å². The van der Waals surface area contributed by atoms with Crippen molar-refractivity contribution in [2.75, 3.05) is 25.1 Å². The number of carbonyl (C=O) groups is 2. The fourth-order valence-corrected chi connectivity index (χ4v) is 9.58. The standard InChI is InChI=1S/C40H51NO8/c1-5-46-35(43)27-10-12-28(13-11-27)41-36(44)47-21-25-6-8-26(9-7-25)30-20-38(4)31(14-15-33(38)42)29-16-18-39(45)22-40(19-17-32(39)34(29)30)48-23-37(2,3)24-49-40/h6-13,29-31,33,42,45H,5,14-24H2,1-4H3,(H,41,44)/t29?,30-,31?,33?,38?,39-/m1/s1. The maximum atomic E-state index is 12.6. The Balaban J connectivity index is 1.08. The fourth-order valence-electron chi connectivity index (χ4n) is 9.58. The van der Waals surface area contributed by atoms with Gasteiger partial charge in [-0.05, 0) is 104 Å². The molecule has 4 unspecified atom stereocenters. The van der Waals surface area contributed by atoms with Gasteiger partial charge in [0.2, 0.25) is 0 Å². The summed E-state index contributed by atoms with van der Waals surface area (Å²) < 4.78 is 23.3. The van der Waals surface area contributed by atoms with Gasteiger partial charge in [0.15, 0.2) is 5.79 Å². The van der Waals surface area contributed by atoms with E-state index in [9.17, 15) is 19.8 Å². The lowest BCUT2D eigenvalue weighted by Crippen LogP contribution is -2.57. The van der Waals surface area contributed by atoms with Crippen molar-refractivity contribution in [3.05, 3.63) is 76.4 Å². The number of hydrogen-bond donors (Lipinski definition) is 3. The number of amides is 1. The molecule has 0 bridgehead atoms. The van der Waals surface area contributed by atoms with Crippen LogP contribution in [0, 0.1) is 22.7 Å². The minimum absolute atomic E-state index is 0.0353. The third kappa shape index (κ3) is 6.44. The molecule has 4 fully saturated rings. The van der Waals surface area contributed by atoms with Crippen LogP contribution in [0.3, 0.4) is 0 Å². The summed E-state index contributed by atoms with van der Waals surface area (Å²) in [6.07, 6.45) is 5.30. The summed E-state index contributed by atoms with van der Waals surface area (Å²) in [6, 6.07) is 14.7. The number of aliphatic hydroxyl groups excluding tert-OH is 1. The largest absolute Gasteiger partial charge is 0.462 e. The average molecular weight is 674 g/mol. The van der Waals surface area contributed by atoms with Gasteiger partial charge < -0.3 is 29.2 Å². The second-order valence-corrected chi connectivity index (χ2v) is 16.1. The van der Waals surface area contributed by atoms with Crippen molar-refractivity contribution in [2.45, 2.75) is 109 Å². The minimum atomic E-state index is -0.963. The molecule has 9 nitrogen and oxygen atoms in total. The summed E-state index contributed by atoms with van der Waals surface area (Å²) in [6.45, 7) is 9.98. The molecular weight excluding hydrogens is 622 g/mol. The van der Waals surface area contributed by atoms with Crippen molar-refractivity contribution >= 4 is 17.7 Å². The summed E-state index contributed by atoms with van der Waals surface area (Å²) in [4.78, 5) is 24.5. The van der Waals surface area contributed by atoms with Crippen LogP contribution in [0.15, 0.2) is 59.7 Å². The van der Waals surface area contributed by atoms with Crippen LogP contribution in [0.25, 0.3) is 0 Å². The first kappa shape index (κ1) is 34.2. The van der Waals surface area contributed by atoms with E-state index < -0.39 is 23.5 Å². The van der Waals surface area contributed by atoms with Crippen molar-refractivity contribution in [2.24, 2.45) is 22.7 Å². The second kappa shape index (κ2) is 12.8. The molecule has 1 saturated heterocycles. The number of carbonyl (C=O) groups excluding carboxylic acids is 2. The summed E-state index contributed by atoms with van der Waals surface area (Å²) in [5, 5.41) is 26.4. The molecule has 1 heterocycles. The number of rotatable bonds is 6. The van der Waals surface area contributed by atoms with Crippen LogP contribution in [0.2, 0.25) is 0 Å². The molecule has 0 radical (unpaired) electrons. The number of nitrogens with one attached hydrogen (secondary N) is 1. The molecular formula is C40H51NO8. The highest BCUT2D eigenvalue weighted by atomic mass is 16.7. The summed E-state index contributed by atoms with van der Waals surface area (Å²) in [7, 11) is 0. The lowest BCUT2D eigenvalue weighted by molar-refractivity contribution is -0.322. The van der Waals surface area contributed by atoms with E-state index in [1.165, 1.54) is 11.1 Å². The number of anilines is 1. The molecule has 7 rings (SSSR count). The Hall–Kier alpha value is -3.24. The summed E-state index contributed by atoms with van der Waals surface area (Å²) in [5.41, 5.74) is 4.34. The normalized spacial score (nSPS) is 32.9. The highest BCUT2D eigenvalue weighted by Crippen LogP contribution is 2.65. The molecule has 5 aliphatic rings. The number of aliphatic hydroxyl groups is 2. The van der Waals surface area contributed by atoms with Crippen LogP contribution in [-0.4, -0.2) is 59.6 Å². The van der Waals surface area contributed by atoms with Crippen LogP contribution in [-0.2, 0) is 25.6 Å². The molecule has 1 aliphatic heterocycles. The molecule has 1 amide bonds. The Morgan fingerprint density at radius 3 is 2.35 bits per heavy atom. The van der Waals surface area contributed by atoms with E-state index >= 15 is 0 Å². The van der Waals surface area contributed by atoms with Gasteiger partial charge in [0.1, 0.15) is 6.61 Å². The van der Waals surface area contributed by atoms with E-state index in [1.807, 2.05) is 12.1 Å². The predicted molar refractivity (Wildman–Crippen MR) is 184 cm³/mol. The molecule has 6 atom stereocenters. The Kier molecular flexibility index (Phi) is 8.95. The van der Waals surface area contributed by atoms with Crippen LogP contribution in [0.1, 0.15) is 106 Å². The van der Waals surface area contributed by atoms with Crippen molar-refractivity contribution in [3.8, 4) is 0 Å². The lowest BCUT2D eigenvalue weighted by Gasteiger charge is -2.57. The van der Waals surface area contributed by atoms with E-state index in [4.69, 9.17) is 18.9 Å². The zero-order valence-corrected chi connectivity index (χ0v) is 29.3. The Bertz CT molecular complexity index is 1590. The maximum Gasteiger partial charge on any atom is 0.411 e. The number of benzene rings is 2. The van der Waals surface area contributed by atoms with Gasteiger partial charge in [0.25, 0.3) is 0 Å². The second-order valence-electron chi connectivity index (χ2n) is 16.1. The summed E-state index contributed by atoms with van der Waals surface area (Å²) in [5.74, 6) is -0.331. The smallest absolute Gasteiger partial charge is 0.411 e. The van der Waals surface area contributed by atoms with Gasteiger partial charge in [0, 0.05) is 29.9 Å². The highest BCUT2D eigenvalue weighted by molar-refractivity contribution is 5.91. The van der Waals surface area contributed by atoms with Gasteiger partial charge in [-0.25, -0.2) is 9.59 Å². The maximum absolute atomic E-state index is 12.6. The summed E-state index contributed by atoms with van der Waals surface area (Å²) >= 11 is 0. The monoisotopic (exact) mass is 673 g/mol. The first-order valence-electron chi connectivity index (χ1n) is 18.1. The van der Waals surface area contributed by atoms with Gasteiger partial charge in [-0.3, -0.25) is 5.32 Å². The van der Waals surface area contributed by atoms with Crippen molar-refractivity contribution in [3.63, 3.8) is 0 Å². The van der Waals surface area contributed by atoms with Crippen LogP contribution >= 0.6 is 0 Å². The van der Waals surface area contributed by atoms with Gasteiger partial charge in [-0.2, -0.15) is 0 Å².